The van der Waals surface area contributed by atoms with Crippen LogP contribution in [0.5, 0.6) is 0 Å². The molecule has 1 aromatic carbocycles. The van der Waals surface area contributed by atoms with Crippen LogP contribution < -0.4 is 5.32 Å². The van der Waals surface area contributed by atoms with Crippen molar-refractivity contribution in [2.45, 2.75) is 13.8 Å². The normalized spacial score (nSPS) is 10.2. The van der Waals surface area contributed by atoms with Crippen LogP contribution in [0.3, 0.4) is 0 Å². The Kier molecular flexibility index (Phi) is 3.28. The summed E-state index contributed by atoms with van der Waals surface area (Å²) in [4.78, 5) is 11.7. The highest BCUT2D eigenvalue weighted by Gasteiger charge is 2.09. The van der Waals surface area contributed by atoms with Gasteiger partial charge in [-0.3, -0.25) is 4.79 Å². The third-order valence-electron chi connectivity index (χ3n) is 2.62. The first kappa shape index (κ1) is 11.5. The first-order valence-electron chi connectivity index (χ1n) is 5.65. The number of rotatable bonds is 3. The molecule has 0 bridgehead atoms. The average molecular weight is 229 g/mol. The van der Waals surface area contributed by atoms with E-state index in [-0.39, 0.29) is 5.91 Å². The van der Waals surface area contributed by atoms with Crippen LogP contribution in [0.15, 0.2) is 41.0 Å². The number of benzene rings is 1. The summed E-state index contributed by atoms with van der Waals surface area (Å²) in [6.45, 7) is 4.53. The Labute approximate surface area is 100 Å². The maximum atomic E-state index is 11.7. The second-order valence-electron chi connectivity index (χ2n) is 3.87. The van der Waals surface area contributed by atoms with Crippen LogP contribution in [0.4, 0.5) is 0 Å². The van der Waals surface area contributed by atoms with Crippen LogP contribution in [0.1, 0.15) is 22.8 Å². The van der Waals surface area contributed by atoms with Gasteiger partial charge in [0.05, 0.1) is 6.26 Å². The lowest BCUT2D eigenvalue weighted by Crippen LogP contribution is -2.22. The molecule has 1 aromatic heterocycles. The molecule has 3 heteroatoms. The summed E-state index contributed by atoms with van der Waals surface area (Å²) in [5.74, 6) is 0.731. The molecule has 1 N–H and O–H groups in total. The zero-order valence-electron chi connectivity index (χ0n) is 9.99. The van der Waals surface area contributed by atoms with E-state index in [9.17, 15) is 4.79 Å². The van der Waals surface area contributed by atoms with E-state index in [0.29, 0.717) is 12.1 Å². The molecule has 0 radical (unpaired) electrons. The molecule has 0 aliphatic carbocycles. The molecule has 2 aromatic rings. The standard InChI is InChI=1S/C14H15NO2/c1-3-15-14(16)11-7-6-10(2)12(9-11)13-5-4-8-17-13/h4-9H,3H2,1-2H3,(H,15,16). The fourth-order valence-corrected chi connectivity index (χ4v) is 1.72. The van der Waals surface area contributed by atoms with Gasteiger partial charge in [-0.15, -0.1) is 0 Å². The lowest BCUT2D eigenvalue weighted by atomic mass is 10.0. The van der Waals surface area contributed by atoms with Gasteiger partial charge in [0.2, 0.25) is 0 Å². The van der Waals surface area contributed by atoms with Crippen molar-refractivity contribution in [2.75, 3.05) is 6.54 Å². The van der Waals surface area contributed by atoms with Crippen LogP contribution >= 0.6 is 0 Å². The number of nitrogens with one attached hydrogen (secondary N) is 1. The molecule has 0 spiro atoms. The Morgan fingerprint density at radius 3 is 2.82 bits per heavy atom. The zero-order valence-corrected chi connectivity index (χ0v) is 9.99. The molecule has 0 atom stereocenters. The molecule has 2 rings (SSSR count). The Balaban J connectivity index is 2.40. The number of furan rings is 1. The molecule has 0 saturated carbocycles. The average Bonchev–Trinajstić information content (AvgIpc) is 2.83. The van der Waals surface area contributed by atoms with Gasteiger partial charge in [0.25, 0.3) is 5.91 Å². The molecule has 0 fully saturated rings. The first-order valence-corrected chi connectivity index (χ1v) is 5.65. The van der Waals surface area contributed by atoms with Gasteiger partial charge in [-0.25, -0.2) is 0 Å². The molecule has 88 valence electrons. The Hall–Kier alpha value is -2.03. The molecular formula is C14H15NO2. The van der Waals surface area contributed by atoms with Crippen molar-refractivity contribution in [2.24, 2.45) is 0 Å². The van der Waals surface area contributed by atoms with Crippen LogP contribution in [0.2, 0.25) is 0 Å². The highest BCUT2D eigenvalue weighted by Crippen LogP contribution is 2.24. The summed E-state index contributed by atoms with van der Waals surface area (Å²) < 4.78 is 5.36. The number of carbonyl (C=O) groups excluding carboxylic acids is 1. The predicted octanol–water partition coefficient (Wildman–Crippen LogP) is 3.00. The van der Waals surface area contributed by atoms with E-state index >= 15 is 0 Å². The summed E-state index contributed by atoms with van der Waals surface area (Å²) in [6.07, 6.45) is 1.63. The first-order chi connectivity index (χ1) is 8.22. The van der Waals surface area contributed by atoms with Crippen LogP contribution in [-0.4, -0.2) is 12.5 Å². The smallest absolute Gasteiger partial charge is 0.251 e. The Morgan fingerprint density at radius 2 is 2.18 bits per heavy atom. The Bertz CT molecular complexity index is 515. The van der Waals surface area contributed by atoms with Crippen molar-refractivity contribution >= 4 is 5.91 Å². The maximum Gasteiger partial charge on any atom is 0.251 e. The Morgan fingerprint density at radius 1 is 1.35 bits per heavy atom. The monoisotopic (exact) mass is 229 g/mol. The van der Waals surface area contributed by atoms with E-state index in [4.69, 9.17) is 4.42 Å². The molecular weight excluding hydrogens is 214 g/mol. The summed E-state index contributed by atoms with van der Waals surface area (Å²) in [6, 6.07) is 9.35. The lowest BCUT2D eigenvalue weighted by Gasteiger charge is -2.06. The van der Waals surface area contributed by atoms with Crippen molar-refractivity contribution in [3.05, 3.63) is 47.7 Å². The summed E-state index contributed by atoms with van der Waals surface area (Å²) in [5, 5.41) is 2.78. The van der Waals surface area contributed by atoms with Crippen molar-refractivity contribution in [3.63, 3.8) is 0 Å². The lowest BCUT2D eigenvalue weighted by molar-refractivity contribution is 0.0956. The topological polar surface area (TPSA) is 42.2 Å². The molecule has 17 heavy (non-hydrogen) atoms. The molecule has 0 unspecified atom stereocenters. The number of carbonyl (C=O) groups is 1. The third-order valence-corrected chi connectivity index (χ3v) is 2.62. The molecule has 0 saturated heterocycles. The molecule has 3 nitrogen and oxygen atoms in total. The fourth-order valence-electron chi connectivity index (χ4n) is 1.72. The van der Waals surface area contributed by atoms with E-state index in [2.05, 4.69) is 5.32 Å². The van der Waals surface area contributed by atoms with E-state index in [1.54, 1.807) is 6.26 Å². The van der Waals surface area contributed by atoms with E-state index in [1.165, 1.54) is 0 Å². The highest BCUT2D eigenvalue weighted by atomic mass is 16.3. The quantitative estimate of drug-likeness (QED) is 0.879. The van der Waals surface area contributed by atoms with Crippen LogP contribution in [0, 0.1) is 6.92 Å². The SMILES string of the molecule is CCNC(=O)c1ccc(C)c(-c2ccco2)c1. The number of hydrogen-bond acceptors (Lipinski definition) is 2. The van der Waals surface area contributed by atoms with Gasteiger partial charge in [0.15, 0.2) is 0 Å². The molecule has 0 aliphatic rings. The highest BCUT2D eigenvalue weighted by molar-refractivity contribution is 5.95. The second-order valence-corrected chi connectivity index (χ2v) is 3.87. The largest absolute Gasteiger partial charge is 0.464 e. The minimum atomic E-state index is -0.0553. The maximum absolute atomic E-state index is 11.7. The summed E-state index contributed by atoms with van der Waals surface area (Å²) in [5.41, 5.74) is 2.70. The number of hydrogen-bond donors (Lipinski definition) is 1. The zero-order chi connectivity index (χ0) is 12.3. The minimum absolute atomic E-state index is 0.0553. The predicted molar refractivity (Wildman–Crippen MR) is 66.9 cm³/mol. The van der Waals surface area contributed by atoms with Gasteiger partial charge in [0, 0.05) is 17.7 Å². The van der Waals surface area contributed by atoms with E-state index < -0.39 is 0 Å². The summed E-state index contributed by atoms with van der Waals surface area (Å²) >= 11 is 0. The fraction of sp³-hybridized carbons (Fsp3) is 0.214. The van der Waals surface area contributed by atoms with Crippen LogP contribution in [0.25, 0.3) is 11.3 Å². The van der Waals surface area contributed by atoms with Gasteiger partial charge in [0.1, 0.15) is 5.76 Å². The second kappa shape index (κ2) is 4.87. The van der Waals surface area contributed by atoms with E-state index in [1.807, 2.05) is 44.2 Å². The minimum Gasteiger partial charge on any atom is -0.464 e. The third kappa shape index (κ3) is 2.38. The molecule has 1 amide bonds. The van der Waals surface area contributed by atoms with Crippen molar-refractivity contribution in [1.82, 2.24) is 5.32 Å². The van der Waals surface area contributed by atoms with E-state index in [0.717, 1.165) is 16.9 Å². The van der Waals surface area contributed by atoms with Gasteiger partial charge in [-0.05, 0) is 43.7 Å². The summed E-state index contributed by atoms with van der Waals surface area (Å²) in [7, 11) is 0. The van der Waals surface area contributed by atoms with Gasteiger partial charge in [-0.1, -0.05) is 6.07 Å². The van der Waals surface area contributed by atoms with Crippen molar-refractivity contribution in [3.8, 4) is 11.3 Å². The molecule has 1 heterocycles. The van der Waals surface area contributed by atoms with Gasteiger partial charge in [-0.2, -0.15) is 0 Å². The number of amides is 1. The van der Waals surface area contributed by atoms with Crippen LogP contribution in [-0.2, 0) is 0 Å². The van der Waals surface area contributed by atoms with Crippen molar-refractivity contribution in [1.29, 1.82) is 0 Å². The van der Waals surface area contributed by atoms with Gasteiger partial charge < -0.3 is 9.73 Å². The number of aryl methyl sites for hydroxylation is 1. The van der Waals surface area contributed by atoms with Crippen molar-refractivity contribution < 1.29 is 9.21 Å². The molecule has 0 aliphatic heterocycles. The van der Waals surface area contributed by atoms with Gasteiger partial charge >= 0.3 is 0 Å².